The van der Waals surface area contributed by atoms with Gasteiger partial charge >= 0.3 is 12.1 Å². The quantitative estimate of drug-likeness (QED) is 0.647. The molecule has 162 valence electrons. The Morgan fingerprint density at radius 2 is 1.72 bits per heavy atom. The maximum atomic E-state index is 13.0. The molecule has 0 saturated carbocycles. The van der Waals surface area contributed by atoms with Crippen LogP contribution in [0.1, 0.15) is 40.2 Å². The number of imide groups is 1. The van der Waals surface area contributed by atoms with E-state index in [9.17, 15) is 9.59 Å². The van der Waals surface area contributed by atoms with E-state index in [2.05, 4.69) is 4.90 Å². The molecule has 8 heteroatoms. The standard InChI is InChI=1S/C21H31Cl2N3O3/c1-15(2)13-26(20(28)29-21(3,4)5)19(27)25-10-8-24(9-11-25)14-16-6-7-17(22)18(23)12-16/h6-7,12,15H,8-11,13-14H2,1-5H3. The summed E-state index contributed by atoms with van der Waals surface area (Å²) in [7, 11) is 0. The molecular formula is C21H31Cl2N3O3. The molecule has 0 aromatic heterocycles. The van der Waals surface area contributed by atoms with Crippen molar-refractivity contribution in [2.75, 3.05) is 32.7 Å². The molecule has 0 radical (unpaired) electrons. The highest BCUT2D eigenvalue weighted by atomic mass is 35.5. The third-order valence-electron chi connectivity index (χ3n) is 4.43. The summed E-state index contributed by atoms with van der Waals surface area (Å²) in [5, 5.41) is 1.08. The van der Waals surface area contributed by atoms with E-state index >= 15 is 0 Å². The first-order valence-corrected chi connectivity index (χ1v) is 10.7. The molecule has 0 N–H and O–H groups in total. The molecule has 0 unspecified atom stereocenters. The number of carbonyl (C=O) groups excluding carboxylic acids is 2. The highest BCUT2D eigenvalue weighted by Crippen LogP contribution is 2.23. The van der Waals surface area contributed by atoms with Crippen LogP contribution in [0.4, 0.5) is 9.59 Å². The first-order valence-electron chi connectivity index (χ1n) is 9.92. The summed E-state index contributed by atoms with van der Waals surface area (Å²) in [4.78, 5) is 30.8. The molecule has 1 fully saturated rings. The van der Waals surface area contributed by atoms with E-state index in [1.165, 1.54) is 4.90 Å². The van der Waals surface area contributed by atoms with Crippen LogP contribution in [0.15, 0.2) is 18.2 Å². The minimum Gasteiger partial charge on any atom is -0.443 e. The molecule has 1 aliphatic rings. The number of amides is 3. The Bertz CT molecular complexity index is 726. The molecule has 0 bridgehead atoms. The smallest absolute Gasteiger partial charge is 0.418 e. The average Bonchev–Trinajstić information content (AvgIpc) is 2.61. The van der Waals surface area contributed by atoms with Crippen molar-refractivity contribution in [3.63, 3.8) is 0 Å². The number of ether oxygens (including phenoxy) is 1. The van der Waals surface area contributed by atoms with Gasteiger partial charge in [-0.3, -0.25) is 4.90 Å². The van der Waals surface area contributed by atoms with Crippen LogP contribution in [-0.4, -0.2) is 65.1 Å². The summed E-state index contributed by atoms with van der Waals surface area (Å²) in [6.07, 6.45) is -0.588. The first kappa shape index (κ1) is 23.8. The fourth-order valence-electron chi connectivity index (χ4n) is 3.08. The van der Waals surface area contributed by atoms with Crippen LogP contribution >= 0.6 is 23.2 Å². The Morgan fingerprint density at radius 1 is 1.10 bits per heavy atom. The van der Waals surface area contributed by atoms with Gasteiger partial charge in [0.25, 0.3) is 0 Å². The first-order chi connectivity index (χ1) is 13.5. The summed E-state index contributed by atoms with van der Waals surface area (Å²) in [5.41, 5.74) is 0.430. The van der Waals surface area contributed by atoms with Crippen molar-refractivity contribution in [2.45, 2.75) is 46.8 Å². The third-order valence-corrected chi connectivity index (χ3v) is 5.16. The summed E-state index contributed by atoms with van der Waals surface area (Å²) in [5.74, 6) is 0.155. The van der Waals surface area contributed by atoms with Crippen molar-refractivity contribution in [1.82, 2.24) is 14.7 Å². The molecular weight excluding hydrogens is 413 g/mol. The molecule has 0 atom stereocenters. The largest absolute Gasteiger partial charge is 0.443 e. The van der Waals surface area contributed by atoms with E-state index in [0.29, 0.717) is 29.7 Å². The number of halogens is 2. The molecule has 1 aliphatic heterocycles. The van der Waals surface area contributed by atoms with Crippen LogP contribution < -0.4 is 0 Å². The van der Waals surface area contributed by atoms with Crippen LogP contribution in [0.3, 0.4) is 0 Å². The highest BCUT2D eigenvalue weighted by Gasteiger charge is 2.32. The van der Waals surface area contributed by atoms with E-state index in [-0.39, 0.29) is 11.9 Å². The molecule has 0 aliphatic carbocycles. The zero-order valence-corrected chi connectivity index (χ0v) is 19.4. The molecule has 1 saturated heterocycles. The number of rotatable bonds is 4. The summed E-state index contributed by atoms with van der Waals surface area (Å²) >= 11 is 12.1. The zero-order valence-electron chi connectivity index (χ0n) is 17.9. The molecule has 29 heavy (non-hydrogen) atoms. The summed E-state index contributed by atoms with van der Waals surface area (Å²) in [6.45, 7) is 12.9. The Morgan fingerprint density at radius 3 is 2.24 bits per heavy atom. The number of carbonyl (C=O) groups is 2. The zero-order chi connectivity index (χ0) is 21.8. The lowest BCUT2D eigenvalue weighted by atomic mass is 10.2. The van der Waals surface area contributed by atoms with Crippen LogP contribution in [-0.2, 0) is 11.3 Å². The topological polar surface area (TPSA) is 53.1 Å². The minimum atomic E-state index is -0.648. The molecule has 6 nitrogen and oxygen atoms in total. The molecule has 1 heterocycles. The van der Waals surface area contributed by atoms with Gasteiger partial charge in [-0.1, -0.05) is 43.1 Å². The number of nitrogens with zero attached hydrogens (tertiary/aromatic N) is 3. The van der Waals surface area contributed by atoms with Crippen molar-refractivity contribution in [1.29, 1.82) is 0 Å². The fraction of sp³-hybridized carbons (Fsp3) is 0.619. The monoisotopic (exact) mass is 443 g/mol. The van der Waals surface area contributed by atoms with Crippen molar-refractivity contribution in [2.24, 2.45) is 5.92 Å². The van der Waals surface area contributed by atoms with E-state index in [1.54, 1.807) is 31.7 Å². The highest BCUT2D eigenvalue weighted by molar-refractivity contribution is 6.42. The molecule has 2 rings (SSSR count). The van der Waals surface area contributed by atoms with E-state index in [4.69, 9.17) is 27.9 Å². The normalized spacial score (nSPS) is 15.5. The fourth-order valence-corrected chi connectivity index (χ4v) is 3.40. The predicted molar refractivity (Wildman–Crippen MR) is 116 cm³/mol. The van der Waals surface area contributed by atoms with Crippen LogP contribution in [0.25, 0.3) is 0 Å². The summed E-state index contributed by atoms with van der Waals surface area (Å²) < 4.78 is 5.44. The average molecular weight is 444 g/mol. The third kappa shape index (κ3) is 7.36. The van der Waals surface area contributed by atoms with Crippen molar-refractivity contribution >= 4 is 35.3 Å². The van der Waals surface area contributed by atoms with Crippen molar-refractivity contribution in [3.8, 4) is 0 Å². The van der Waals surface area contributed by atoms with Gasteiger partial charge in [0.1, 0.15) is 5.60 Å². The van der Waals surface area contributed by atoms with Gasteiger partial charge in [0.05, 0.1) is 10.0 Å². The number of benzene rings is 1. The van der Waals surface area contributed by atoms with Gasteiger partial charge in [-0.25, -0.2) is 14.5 Å². The van der Waals surface area contributed by atoms with E-state index in [0.717, 1.165) is 25.2 Å². The Labute approximate surface area is 183 Å². The van der Waals surface area contributed by atoms with Crippen LogP contribution in [0, 0.1) is 5.92 Å². The maximum absolute atomic E-state index is 13.0. The van der Waals surface area contributed by atoms with Crippen molar-refractivity contribution in [3.05, 3.63) is 33.8 Å². The van der Waals surface area contributed by atoms with Gasteiger partial charge in [-0.2, -0.15) is 0 Å². The number of piperazine rings is 1. The van der Waals surface area contributed by atoms with Gasteiger partial charge < -0.3 is 9.64 Å². The lowest BCUT2D eigenvalue weighted by Gasteiger charge is -2.37. The Kier molecular flexibility index (Phi) is 8.20. The van der Waals surface area contributed by atoms with Gasteiger partial charge in [0, 0.05) is 39.3 Å². The van der Waals surface area contributed by atoms with Gasteiger partial charge in [-0.05, 0) is 44.4 Å². The van der Waals surface area contributed by atoms with Gasteiger partial charge in [-0.15, -0.1) is 0 Å². The number of hydrogen-bond acceptors (Lipinski definition) is 4. The van der Waals surface area contributed by atoms with Gasteiger partial charge in [0.15, 0.2) is 0 Å². The lowest BCUT2D eigenvalue weighted by Crippen LogP contribution is -2.55. The second-order valence-electron chi connectivity index (χ2n) is 8.78. The Hall–Kier alpha value is -1.50. The minimum absolute atomic E-state index is 0.155. The molecule has 3 amide bonds. The van der Waals surface area contributed by atoms with Crippen LogP contribution in [0.2, 0.25) is 10.0 Å². The predicted octanol–water partition coefficient (Wildman–Crippen LogP) is 5.12. The lowest BCUT2D eigenvalue weighted by molar-refractivity contribution is 0.0245. The SMILES string of the molecule is CC(C)CN(C(=O)OC(C)(C)C)C(=O)N1CCN(Cc2ccc(Cl)c(Cl)c2)CC1. The number of hydrogen-bond donors (Lipinski definition) is 0. The maximum Gasteiger partial charge on any atom is 0.418 e. The Balaban J connectivity index is 1.96. The summed E-state index contributed by atoms with van der Waals surface area (Å²) in [6, 6.07) is 5.33. The second kappa shape index (κ2) is 10.0. The van der Waals surface area contributed by atoms with E-state index < -0.39 is 11.7 Å². The second-order valence-corrected chi connectivity index (χ2v) is 9.59. The van der Waals surface area contributed by atoms with E-state index in [1.807, 2.05) is 26.0 Å². The van der Waals surface area contributed by atoms with Crippen molar-refractivity contribution < 1.29 is 14.3 Å². The molecule has 1 aromatic rings. The molecule has 0 spiro atoms. The van der Waals surface area contributed by atoms with Gasteiger partial charge in [0.2, 0.25) is 0 Å². The number of urea groups is 1. The van der Waals surface area contributed by atoms with Crippen LogP contribution in [0.5, 0.6) is 0 Å². The molecule has 1 aromatic carbocycles.